The van der Waals surface area contributed by atoms with Crippen LogP contribution in [-0.2, 0) is 11.3 Å². The number of para-hydroxylation sites is 2. The second-order valence-electron chi connectivity index (χ2n) is 6.15. The largest absolute Gasteiger partial charge is 0.341 e. The summed E-state index contributed by atoms with van der Waals surface area (Å²) >= 11 is 0. The quantitative estimate of drug-likeness (QED) is 0.742. The number of imidazole rings is 1. The fourth-order valence-electron chi connectivity index (χ4n) is 3.33. The van der Waals surface area contributed by atoms with E-state index in [1.165, 1.54) is 0 Å². The third-order valence-corrected chi connectivity index (χ3v) is 4.68. The number of rotatable bonds is 3. The maximum Gasteiger partial charge on any atom is 0.242 e. The third-order valence-electron chi connectivity index (χ3n) is 4.68. The van der Waals surface area contributed by atoms with Gasteiger partial charge in [-0.05, 0) is 25.0 Å². The molecule has 0 N–H and O–H groups in total. The molecule has 1 fully saturated rings. The number of amides is 1. The number of fused-ring (bicyclic) bond motifs is 1. The first-order chi connectivity index (χ1) is 11.8. The van der Waals surface area contributed by atoms with Crippen LogP contribution in [0.4, 0.5) is 0 Å². The van der Waals surface area contributed by atoms with E-state index in [-0.39, 0.29) is 5.91 Å². The Balaban J connectivity index is 1.40. The van der Waals surface area contributed by atoms with Gasteiger partial charge in [-0.25, -0.2) is 4.98 Å². The Morgan fingerprint density at radius 1 is 1.12 bits per heavy atom. The minimum Gasteiger partial charge on any atom is -0.341 e. The predicted molar refractivity (Wildman–Crippen MR) is 90.3 cm³/mol. The summed E-state index contributed by atoms with van der Waals surface area (Å²) in [5.41, 5.74) is 2.96. The number of benzene rings is 1. The van der Waals surface area contributed by atoms with E-state index in [0.717, 1.165) is 42.7 Å². The van der Waals surface area contributed by atoms with Crippen LogP contribution in [0, 0.1) is 0 Å². The molecule has 3 aromatic rings. The van der Waals surface area contributed by atoms with Crippen LogP contribution in [0.5, 0.6) is 0 Å². The van der Waals surface area contributed by atoms with Crippen LogP contribution in [0.25, 0.3) is 11.0 Å². The highest BCUT2D eigenvalue weighted by Gasteiger charge is 2.24. The lowest BCUT2D eigenvalue weighted by atomic mass is 9.94. The highest BCUT2D eigenvalue weighted by atomic mass is 16.2. The van der Waals surface area contributed by atoms with Crippen molar-refractivity contribution < 1.29 is 4.79 Å². The second-order valence-corrected chi connectivity index (χ2v) is 6.15. The monoisotopic (exact) mass is 321 g/mol. The zero-order valence-electron chi connectivity index (χ0n) is 13.4. The van der Waals surface area contributed by atoms with Crippen molar-refractivity contribution >= 4 is 16.9 Å². The first-order valence-corrected chi connectivity index (χ1v) is 8.25. The molecule has 6 nitrogen and oxygen atoms in total. The van der Waals surface area contributed by atoms with Gasteiger partial charge in [0.2, 0.25) is 5.91 Å². The summed E-state index contributed by atoms with van der Waals surface area (Å²) in [7, 11) is 0. The molecule has 24 heavy (non-hydrogen) atoms. The SMILES string of the molecule is O=C(Cn1cnc2ccccc21)N1CCC(c2cnccn2)CC1. The molecule has 4 rings (SSSR count). The molecule has 1 aliphatic heterocycles. The topological polar surface area (TPSA) is 63.9 Å². The molecule has 6 heteroatoms. The van der Waals surface area contributed by atoms with Crippen molar-refractivity contribution in [2.75, 3.05) is 13.1 Å². The van der Waals surface area contributed by atoms with Crippen molar-refractivity contribution in [3.8, 4) is 0 Å². The third kappa shape index (κ3) is 2.87. The molecule has 0 spiro atoms. The molecule has 0 unspecified atom stereocenters. The molecule has 1 amide bonds. The van der Waals surface area contributed by atoms with Gasteiger partial charge in [0.15, 0.2) is 0 Å². The van der Waals surface area contributed by atoms with E-state index < -0.39 is 0 Å². The number of hydrogen-bond donors (Lipinski definition) is 0. The molecule has 0 saturated carbocycles. The van der Waals surface area contributed by atoms with Gasteiger partial charge < -0.3 is 9.47 Å². The van der Waals surface area contributed by atoms with Crippen molar-refractivity contribution in [3.05, 3.63) is 54.9 Å². The highest BCUT2D eigenvalue weighted by molar-refractivity contribution is 5.80. The Morgan fingerprint density at radius 3 is 2.75 bits per heavy atom. The number of piperidine rings is 1. The van der Waals surface area contributed by atoms with Crippen LogP contribution in [0.2, 0.25) is 0 Å². The molecule has 1 aromatic carbocycles. The summed E-state index contributed by atoms with van der Waals surface area (Å²) in [5, 5.41) is 0. The number of hydrogen-bond acceptors (Lipinski definition) is 4. The number of aromatic nitrogens is 4. The zero-order chi connectivity index (χ0) is 16.4. The zero-order valence-corrected chi connectivity index (χ0v) is 13.4. The van der Waals surface area contributed by atoms with E-state index in [1.807, 2.05) is 39.9 Å². The molecule has 122 valence electrons. The van der Waals surface area contributed by atoms with Gasteiger partial charge in [0, 0.05) is 37.6 Å². The van der Waals surface area contributed by atoms with E-state index >= 15 is 0 Å². The Kier molecular flexibility index (Phi) is 3.94. The molecule has 0 atom stereocenters. The normalized spacial score (nSPS) is 15.8. The maximum atomic E-state index is 12.6. The first-order valence-electron chi connectivity index (χ1n) is 8.25. The van der Waals surface area contributed by atoms with E-state index in [0.29, 0.717) is 12.5 Å². The first kappa shape index (κ1) is 14.8. The van der Waals surface area contributed by atoms with Gasteiger partial charge in [0.1, 0.15) is 6.54 Å². The molecule has 0 bridgehead atoms. The van der Waals surface area contributed by atoms with Gasteiger partial charge >= 0.3 is 0 Å². The Hall–Kier alpha value is -2.76. The smallest absolute Gasteiger partial charge is 0.242 e. The summed E-state index contributed by atoms with van der Waals surface area (Å²) in [6.07, 6.45) is 8.88. The molecule has 2 aromatic heterocycles. The van der Waals surface area contributed by atoms with Crippen LogP contribution >= 0.6 is 0 Å². The van der Waals surface area contributed by atoms with Crippen molar-refractivity contribution in [2.45, 2.75) is 25.3 Å². The maximum absolute atomic E-state index is 12.6. The van der Waals surface area contributed by atoms with E-state index in [4.69, 9.17) is 0 Å². The van der Waals surface area contributed by atoms with E-state index in [9.17, 15) is 4.79 Å². The van der Waals surface area contributed by atoms with Gasteiger partial charge in [-0.15, -0.1) is 0 Å². The average molecular weight is 321 g/mol. The standard InChI is InChI=1S/C18H19N5O/c24-18(12-23-13-21-15-3-1-2-4-17(15)23)22-9-5-14(6-10-22)16-11-19-7-8-20-16/h1-4,7-8,11,13-14H,5-6,9-10,12H2. The van der Waals surface area contributed by atoms with Crippen molar-refractivity contribution in [1.82, 2.24) is 24.4 Å². The van der Waals surface area contributed by atoms with Crippen LogP contribution in [0.3, 0.4) is 0 Å². The molecule has 0 aliphatic carbocycles. The van der Waals surface area contributed by atoms with Crippen LogP contribution in [0.1, 0.15) is 24.5 Å². The Labute approximate surface area is 140 Å². The van der Waals surface area contributed by atoms with Crippen molar-refractivity contribution in [2.24, 2.45) is 0 Å². The van der Waals surface area contributed by atoms with E-state index in [1.54, 1.807) is 18.7 Å². The van der Waals surface area contributed by atoms with Crippen LogP contribution in [-0.4, -0.2) is 43.4 Å². The molecule has 1 aliphatic rings. The Bertz CT molecular complexity index is 837. The lowest BCUT2D eigenvalue weighted by Gasteiger charge is -2.31. The lowest BCUT2D eigenvalue weighted by Crippen LogP contribution is -2.39. The van der Waals surface area contributed by atoms with Crippen LogP contribution in [0.15, 0.2) is 49.2 Å². The fraction of sp³-hybridized carbons (Fsp3) is 0.333. The minimum atomic E-state index is 0.149. The summed E-state index contributed by atoms with van der Waals surface area (Å²) in [6.45, 7) is 1.88. The molecular weight excluding hydrogens is 302 g/mol. The number of carbonyl (C=O) groups is 1. The summed E-state index contributed by atoms with van der Waals surface area (Å²) in [5.74, 6) is 0.549. The van der Waals surface area contributed by atoms with Gasteiger partial charge in [-0.1, -0.05) is 12.1 Å². The highest BCUT2D eigenvalue weighted by Crippen LogP contribution is 2.26. The predicted octanol–water partition coefficient (Wildman–Crippen LogP) is 2.23. The number of likely N-dealkylation sites (tertiary alicyclic amines) is 1. The summed E-state index contributed by atoms with van der Waals surface area (Å²) < 4.78 is 1.92. The van der Waals surface area contributed by atoms with Crippen molar-refractivity contribution in [3.63, 3.8) is 0 Å². The summed E-state index contributed by atoms with van der Waals surface area (Å²) in [4.78, 5) is 27.4. The van der Waals surface area contributed by atoms with Gasteiger partial charge in [-0.3, -0.25) is 14.8 Å². The molecule has 0 radical (unpaired) electrons. The number of nitrogens with zero attached hydrogens (tertiary/aromatic N) is 5. The molecule has 1 saturated heterocycles. The minimum absolute atomic E-state index is 0.149. The molecule has 3 heterocycles. The van der Waals surface area contributed by atoms with Gasteiger partial charge in [0.05, 0.1) is 23.1 Å². The lowest BCUT2D eigenvalue weighted by molar-refractivity contribution is -0.132. The second kappa shape index (κ2) is 6.39. The molecular formula is C18H19N5O. The average Bonchev–Trinajstić information content (AvgIpc) is 3.06. The van der Waals surface area contributed by atoms with Gasteiger partial charge in [0.25, 0.3) is 0 Å². The number of carbonyl (C=O) groups excluding carboxylic acids is 1. The van der Waals surface area contributed by atoms with Crippen LogP contribution < -0.4 is 0 Å². The van der Waals surface area contributed by atoms with Crippen molar-refractivity contribution in [1.29, 1.82) is 0 Å². The van der Waals surface area contributed by atoms with Gasteiger partial charge in [-0.2, -0.15) is 0 Å². The van der Waals surface area contributed by atoms with E-state index in [2.05, 4.69) is 15.0 Å². The Morgan fingerprint density at radius 2 is 1.96 bits per heavy atom. The summed E-state index contributed by atoms with van der Waals surface area (Å²) in [6, 6.07) is 7.88. The fourth-order valence-corrected chi connectivity index (χ4v) is 3.33.